The van der Waals surface area contributed by atoms with Gasteiger partial charge in [0.15, 0.2) is 0 Å². The molecular weight excluding hydrogens is 216 g/mol. The van der Waals surface area contributed by atoms with Crippen molar-refractivity contribution in [2.75, 3.05) is 7.11 Å². The number of halogens is 4. The Morgan fingerprint density at radius 3 is 2.33 bits per heavy atom. The highest BCUT2D eigenvalue weighted by Crippen LogP contribution is 2.25. The summed E-state index contributed by atoms with van der Waals surface area (Å²) in [5.74, 6) is -3.76. The van der Waals surface area contributed by atoms with Crippen molar-refractivity contribution in [1.82, 2.24) is 0 Å². The lowest BCUT2D eigenvalue weighted by Crippen LogP contribution is -2.07. The third-order valence-electron chi connectivity index (χ3n) is 1.73. The number of carbonyl (C=O) groups is 1. The van der Waals surface area contributed by atoms with Crippen LogP contribution < -0.4 is 0 Å². The molecule has 15 heavy (non-hydrogen) atoms. The fraction of sp³-hybridized carbons (Fsp3) is 0.222. The zero-order valence-electron chi connectivity index (χ0n) is 7.56. The van der Waals surface area contributed by atoms with Crippen molar-refractivity contribution in [3.8, 4) is 0 Å². The van der Waals surface area contributed by atoms with E-state index in [0.717, 1.165) is 7.11 Å². The Labute approximate surface area is 82.5 Å². The summed E-state index contributed by atoms with van der Waals surface area (Å²) in [6, 6.07) is 0.676. The predicted octanol–water partition coefficient (Wildman–Crippen LogP) is 2.69. The van der Waals surface area contributed by atoms with Gasteiger partial charge in [0, 0.05) is 6.07 Å². The Bertz CT molecular complexity index is 390. The van der Waals surface area contributed by atoms with Crippen LogP contribution in [0.2, 0.25) is 0 Å². The monoisotopic (exact) mass is 222 g/mol. The van der Waals surface area contributed by atoms with Gasteiger partial charge in [-0.05, 0) is 6.07 Å². The molecule has 0 spiro atoms. The van der Waals surface area contributed by atoms with E-state index in [4.69, 9.17) is 0 Å². The van der Waals surface area contributed by atoms with E-state index in [0.29, 0.717) is 6.07 Å². The van der Waals surface area contributed by atoms with Crippen molar-refractivity contribution in [2.45, 2.75) is 6.43 Å². The van der Waals surface area contributed by atoms with Crippen LogP contribution in [0.4, 0.5) is 17.6 Å². The molecule has 0 atom stereocenters. The molecule has 1 aromatic rings. The quantitative estimate of drug-likeness (QED) is 0.568. The highest BCUT2D eigenvalue weighted by molar-refractivity contribution is 5.89. The Hall–Kier alpha value is -1.59. The molecule has 0 saturated heterocycles. The second-order valence-electron chi connectivity index (χ2n) is 2.65. The minimum absolute atomic E-state index is 0.230. The van der Waals surface area contributed by atoms with Gasteiger partial charge in [0.25, 0.3) is 6.43 Å². The number of benzene rings is 1. The van der Waals surface area contributed by atoms with Gasteiger partial charge in [-0.3, -0.25) is 0 Å². The molecule has 0 saturated carbocycles. The summed E-state index contributed by atoms with van der Waals surface area (Å²) in [5.41, 5.74) is -1.74. The maximum atomic E-state index is 12.9. The van der Waals surface area contributed by atoms with Crippen LogP contribution in [0.3, 0.4) is 0 Å². The molecule has 0 fully saturated rings. The molecule has 1 aromatic carbocycles. The maximum Gasteiger partial charge on any atom is 0.340 e. The molecular formula is C9H6F4O2. The Morgan fingerprint density at radius 1 is 1.27 bits per heavy atom. The van der Waals surface area contributed by atoms with E-state index in [1.807, 2.05) is 0 Å². The minimum atomic E-state index is -3.12. The van der Waals surface area contributed by atoms with E-state index >= 15 is 0 Å². The summed E-state index contributed by atoms with van der Waals surface area (Å²) < 4.78 is 54.3. The van der Waals surface area contributed by atoms with Crippen LogP contribution in [0.5, 0.6) is 0 Å². The first-order chi connectivity index (χ1) is 6.97. The highest BCUT2D eigenvalue weighted by atomic mass is 19.3. The number of alkyl halides is 2. The molecule has 0 aliphatic carbocycles. The molecule has 1 rings (SSSR count). The van der Waals surface area contributed by atoms with Crippen molar-refractivity contribution >= 4 is 5.97 Å². The zero-order valence-corrected chi connectivity index (χ0v) is 7.56. The molecule has 0 heterocycles. The van der Waals surface area contributed by atoms with Crippen LogP contribution in [0.15, 0.2) is 12.1 Å². The van der Waals surface area contributed by atoms with Gasteiger partial charge in [0.1, 0.15) is 11.6 Å². The van der Waals surface area contributed by atoms with E-state index in [9.17, 15) is 22.4 Å². The van der Waals surface area contributed by atoms with Crippen molar-refractivity contribution in [2.24, 2.45) is 0 Å². The molecule has 0 N–H and O–H groups in total. The fourth-order valence-corrected chi connectivity index (χ4v) is 0.999. The van der Waals surface area contributed by atoms with E-state index in [1.165, 1.54) is 0 Å². The average Bonchev–Trinajstić information content (AvgIpc) is 2.16. The molecule has 0 unspecified atom stereocenters. The SMILES string of the molecule is COC(=O)c1cc(C(F)F)c(F)cc1F. The number of carbonyl (C=O) groups excluding carboxylic acids is 1. The number of hydrogen-bond donors (Lipinski definition) is 0. The van der Waals surface area contributed by atoms with Crippen molar-refractivity contribution in [1.29, 1.82) is 0 Å². The van der Waals surface area contributed by atoms with Gasteiger partial charge in [0.05, 0.1) is 18.2 Å². The summed E-state index contributed by atoms with van der Waals surface area (Å²) in [6.07, 6.45) is -3.12. The van der Waals surface area contributed by atoms with Crippen molar-refractivity contribution < 1.29 is 27.1 Å². The minimum Gasteiger partial charge on any atom is -0.465 e. The predicted molar refractivity (Wildman–Crippen MR) is 42.7 cm³/mol. The second-order valence-corrected chi connectivity index (χ2v) is 2.65. The summed E-state index contributed by atoms with van der Waals surface area (Å²) >= 11 is 0. The summed E-state index contributed by atoms with van der Waals surface area (Å²) in [6.45, 7) is 0. The standard InChI is InChI=1S/C9H6F4O2/c1-15-9(14)5-2-4(8(12)13)6(10)3-7(5)11/h2-3,8H,1H3. The smallest absolute Gasteiger partial charge is 0.340 e. The van der Waals surface area contributed by atoms with E-state index < -0.39 is 35.2 Å². The van der Waals surface area contributed by atoms with E-state index in [-0.39, 0.29) is 6.07 Å². The van der Waals surface area contributed by atoms with Crippen molar-refractivity contribution in [3.05, 3.63) is 34.9 Å². The lowest BCUT2D eigenvalue weighted by atomic mass is 10.1. The number of hydrogen-bond acceptors (Lipinski definition) is 2. The number of esters is 1. The molecule has 0 bridgehead atoms. The third kappa shape index (κ3) is 2.26. The van der Waals surface area contributed by atoms with Crippen LogP contribution in [0, 0.1) is 11.6 Å². The van der Waals surface area contributed by atoms with Crippen LogP contribution in [-0.2, 0) is 4.74 Å². The van der Waals surface area contributed by atoms with Crippen LogP contribution >= 0.6 is 0 Å². The lowest BCUT2D eigenvalue weighted by Gasteiger charge is -2.05. The molecule has 2 nitrogen and oxygen atoms in total. The van der Waals surface area contributed by atoms with Crippen molar-refractivity contribution in [3.63, 3.8) is 0 Å². The molecule has 0 aliphatic rings. The van der Waals surface area contributed by atoms with E-state index in [1.54, 1.807) is 0 Å². The summed E-state index contributed by atoms with van der Waals surface area (Å²) in [4.78, 5) is 10.9. The van der Waals surface area contributed by atoms with Gasteiger partial charge in [-0.2, -0.15) is 0 Å². The van der Waals surface area contributed by atoms with Crippen LogP contribution in [-0.4, -0.2) is 13.1 Å². The molecule has 0 amide bonds. The van der Waals surface area contributed by atoms with Gasteiger partial charge < -0.3 is 4.74 Å². The van der Waals surface area contributed by atoms with E-state index in [2.05, 4.69) is 4.74 Å². The van der Waals surface area contributed by atoms with Gasteiger partial charge in [-0.15, -0.1) is 0 Å². The highest BCUT2D eigenvalue weighted by Gasteiger charge is 2.20. The molecule has 0 radical (unpaired) electrons. The second kappa shape index (κ2) is 4.29. The zero-order chi connectivity index (χ0) is 11.6. The largest absolute Gasteiger partial charge is 0.465 e. The van der Waals surface area contributed by atoms with Gasteiger partial charge >= 0.3 is 5.97 Å². The van der Waals surface area contributed by atoms with Gasteiger partial charge in [0.2, 0.25) is 0 Å². The first-order valence-electron chi connectivity index (χ1n) is 3.82. The average molecular weight is 222 g/mol. The fourth-order valence-electron chi connectivity index (χ4n) is 0.999. The van der Waals surface area contributed by atoms with Crippen LogP contribution in [0.25, 0.3) is 0 Å². The topological polar surface area (TPSA) is 26.3 Å². The normalized spacial score (nSPS) is 10.5. The first kappa shape index (κ1) is 11.5. The summed E-state index contributed by atoms with van der Waals surface area (Å²) in [5, 5.41) is 0. The first-order valence-corrected chi connectivity index (χ1v) is 3.82. The van der Waals surface area contributed by atoms with Crippen LogP contribution in [0.1, 0.15) is 22.3 Å². The maximum absolute atomic E-state index is 12.9. The Kier molecular flexibility index (Phi) is 3.28. The Morgan fingerprint density at radius 2 is 1.87 bits per heavy atom. The van der Waals surface area contributed by atoms with Gasteiger partial charge in [-0.25, -0.2) is 22.4 Å². The lowest BCUT2D eigenvalue weighted by molar-refractivity contribution is 0.0594. The number of ether oxygens (including phenoxy) is 1. The molecule has 0 aromatic heterocycles. The number of methoxy groups -OCH3 is 1. The molecule has 82 valence electrons. The Balaban J connectivity index is 3.29. The van der Waals surface area contributed by atoms with Gasteiger partial charge in [-0.1, -0.05) is 0 Å². The summed E-state index contributed by atoms with van der Waals surface area (Å²) in [7, 11) is 0.965. The molecule has 0 aliphatic heterocycles. The number of rotatable bonds is 2. The molecule has 6 heteroatoms. The third-order valence-corrected chi connectivity index (χ3v) is 1.73.